The normalized spacial score (nSPS) is 10.3. The van der Waals surface area contributed by atoms with Crippen LogP contribution in [0.5, 0.6) is 0 Å². The summed E-state index contributed by atoms with van der Waals surface area (Å²) < 4.78 is 26.0. The van der Waals surface area contributed by atoms with E-state index in [1.165, 1.54) is 11.0 Å². The van der Waals surface area contributed by atoms with Crippen LogP contribution in [0.4, 0.5) is 31.8 Å². The summed E-state index contributed by atoms with van der Waals surface area (Å²) in [4.78, 5) is 19.6. The van der Waals surface area contributed by atoms with Gasteiger partial charge in [0, 0.05) is 25.8 Å². The first-order chi connectivity index (χ1) is 9.90. The Morgan fingerprint density at radius 1 is 1.24 bits per heavy atom. The van der Waals surface area contributed by atoms with Crippen molar-refractivity contribution < 1.29 is 13.7 Å². The number of hydrogen-bond donors (Lipinski definition) is 1. The Hall–Kier alpha value is -2.84. The zero-order valence-electron chi connectivity index (χ0n) is 11.2. The SMILES string of the molecule is CN(C)c1ncnc(Nc2ccc(F)c(F)c2)c1[N+](=O)[O-]. The summed E-state index contributed by atoms with van der Waals surface area (Å²) in [5.41, 5.74) is -0.215. The van der Waals surface area contributed by atoms with E-state index >= 15 is 0 Å². The van der Waals surface area contributed by atoms with Crippen LogP contribution in [0.15, 0.2) is 24.5 Å². The fourth-order valence-corrected chi connectivity index (χ4v) is 1.67. The van der Waals surface area contributed by atoms with Crippen molar-refractivity contribution in [3.05, 3.63) is 46.3 Å². The first kappa shape index (κ1) is 14.6. The van der Waals surface area contributed by atoms with E-state index in [1.54, 1.807) is 14.1 Å². The molecular weight excluding hydrogens is 284 g/mol. The molecule has 0 aliphatic rings. The fourth-order valence-electron chi connectivity index (χ4n) is 1.67. The second-order valence-corrected chi connectivity index (χ2v) is 4.30. The van der Waals surface area contributed by atoms with Crippen molar-refractivity contribution in [3.63, 3.8) is 0 Å². The van der Waals surface area contributed by atoms with Gasteiger partial charge in [-0.1, -0.05) is 0 Å². The molecule has 21 heavy (non-hydrogen) atoms. The van der Waals surface area contributed by atoms with Crippen LogP contribution >= 0.6 is 0 Å². The number of benzene rings is 1. The highest BCUT2D eigenvalue weighted by Gasteiger charge is 2.24. The first-order valence-electron chi connectivity index (χ1n) is 5.79. The van der Waals surface area contributed by atoms with Crippen LogP contribution in [-0.4, -0.2) is 29.0 Å². The minimum absolute atomic E-state index is 0.0973. The summed E-state index contributed by atoms with van der Waals surface area (Å²) >= 11 is 0. The molecule has 7 nitrogen and oxygen atoms in total. The lowest BCUT2D eigenvalue weighted by Gasteiger charge is -2.13. The molecule has 0 saturated carbocycles. The van der Waals surface area contributed by atoms with Crippen LogP contribution < -0.4 is 10.2 Å². The van der Waals surface area contributed by atoms with E-state index in [1.807, 2.05) is 0 Å². The summed E-state index contributed by atoms with van der Waals surface area (Å²) in [5, 5.41) is 13.8. The molecule has 0 amide bonds. The molecule has 0 aliphatic carbocycles. The van der Waals surface area contributed by atoms with Crippen LogP contribution in [0.3, 0.4) is 0 Å². The lowest BCUT2D eigenvalue weighted by atomic mass is 10.3. The molecule has 2 rings (SSSR count). The molecule has 1 aromatic carbocycles. The van der Waals surface area contributed by atoms with Crippen molar-refractivity contribution in [2.24, 2.45) is 0 Å². The summed E-state index contributed by atoms with van der Waals surface area (Å²) in [5.74, 6) is -2.08. The number of nitrogens with zero attached hydrogens (tertiary/aromatic N) is 4. The molecule has 0 bridgehead atoms. The molecule has 0 fully saturated rings. The highest BCUT2D eigenvalue weighted by molar-refractivity contribution is 5.74. The quantitative estimate of drug-likeness (QED) is 0.689. The molecule has 0 aliphatic heterocycles. The molecule has 0 unspecified atom stereocenters. The molecule has 2 aromatic rings. The number of nitro groups is 1. The van der Waals surface area contributed by atoms with Gasteiger partial charge in [-0.05, 0) is 12.1 Å². The third-order valence-electron chi connectivity index (χ3n) is 2.59. The van der Waals surface area contributed by atoms with E-state index in [2.05, 4.69) is 15.3 Å². The lowest BCUT2D eigenvalue weighted by Crippen LogP contribution is -2.14. The van der Waals surface area contributed by atoms with Gasteiger partial charge in [0.2, 0.25) is 11.6 Å². The minimum atomic E-state index is -1.07. The van der Waals surface area contributed by atoms with Gasteiger partial charge in [-0.2, -0.15) is 0 Å². The maximum absolute atomic E-state index is 13.2. The van der Waals surface area contributed by atoms with E-state index in [4.69, 9.17) is 0 Å². The number of aromatic nitrogens is 2. The van der Waals surface area contributed by atoms with E-state index in [9.17, 15) is 18.9 Å². The second kappa shape index (κ2) is 5.65. The number of halogens is 2. The van der Waals surface area contributed by atoms with Crippen molar-refractivity contribution in [1.82, 2.24) is 9.97 Å². The average molecular weight is 295 g/mol. The van der Waals surface area contributed by atoms with Crippen molar-refractivity contribution in [1.29, 1.82) is 0 Å². The second-order valence-electron chi connectivity index (χ2n) is 4.30. The van der Waals surface area contributed by atoms with Crippen LogP contribution in [-0.2, 0) is 0 Å². The fraction of sp³-hybridized carbons (Fsp3) is 0.167. The van der Waals surface area contributed by atoms with E-state index in [0.29, 0.717) is 0 Å². The van der Waals surface area contributed by atoms with E-state index < -0.39 is 16.6 Å². The van der Waals surface area contributed by atoms with Crippen molar-refractivity contribution in [2.45, 2.75) is 0 Å². The molecule has 0 spiro atoms. The molecule has 1 heterocycles. The highest BCUT2D eigenvalue weighted by Crippen LogP contribution is 2.32. The maximum atomic E-state index is 13.2. The third-order valence-corrected chi connectivity index (χ3v) is 2.59. The van der Waals surface area contributed by atoms with Crippen LogP contribution in [0.1, 0.15) is 0 Å². The average Bonchev–Trinajstić information content (AvgIpc) is 2.42. The van der Waals surface area contributed by atoms with Gasteiger partial charge in [0.05, 0.1) is 4.92 Å². The van der Waals surface area contributed by atoms with Gasteiger partial charge in [0.25, 0.3) is 0 Å². The first-order valence-corrected chi connectivity index (χ1v) is 5.79. The summed E-state index contributed by atoms with van der Waals surface area (Å²) in [7, 11) is 3.19. The van der Waals surface area contributed by atoms with E-state index in [-0.39, 0.29) is 23.0 Å². The van der Waals surface area contributed by atoms with Crippen LogP contribution in [0.25, 0.3) is 0 Å². The van der Waals surface area contributed by atoms with Gasteiger partial charge in [-0.25, -0.2) is 18.7 Å². The third kappa shape index (κ3) is 3.02. The van der Waals surface area contributed by atoms with Gasteiger partial charge >= 0.3 is 5.69 Å². The largest absolute Gasteiger partial charge is 0.357 e. The summed E-state index contributed by atoms with van der Waals surface area (Å²) in [6, 6.07) is 3.05. The number of nitrogens with one attached hydrogen (secondary N) is 1. The van der Waals surface area contributed by atoms with Gasteiger partial charge in [-0.15, -0.1) is 0 Å². The molecule has 1 N–H and O–H groups in total. The molecular formula is C12H11F2N5O2. The summed E-state index contributed by atoms with van der Waals surface area (Å²) in [6.45, 7) is 0. The predicted octanol–water partition coefficient (Wildman–Crippen LogP) is 2.47. The monoisotopic (exact) mass is 295 g/mol. The molecule has 0 radical (unpaired) electrons. The van der Waals surface area contributed by atoms with Gasteiger partial charge in [0.15, 0.2) is 11.6 Å². The van der Waals surface area contributed by atoms with Gasteiger partial charge in [-0.3, -0.25) is 10.1 Å². The van der Waals surface area contributed by atoms with Crippen molar-refractivity contribution in [3.8, 4) is 0 Å². The Kier molecular flexibility index (Phi) is 3.92. The maximum Gasteiger partial charge on any atom is 0.353 e. The Morgan fingerprint density at radius 3 is 2.52 bits per heavy atom. The predicted molar refractivity (Wildman–Crippen MR) is 72.7 cm³/mol. The molecule has 110 valence electrons. The lowest BCUT2D eigenvalue weighted by molar-refractivity contribution is -0.383. The molecule has 1 aromatic heterocycles. The van der Waals surface area contributed by atoms with Gasteiger partial charge < -0.3 is 10.2 Å². The molecule has 0 saturated heterocycles. The van der Waals surface area contributed by atoms with Gasteiger partial charge in [0.1, 0.15) is 6.33 Å². The smallest absolute Gasteiger partial charge is 0.353 e. The minimum Gasteiger partial charge on any atom is -0.357 e. The van der Waals surface area contributed by atoms with E-state index in [0.717, 1.165) is 18.5 Å². The van der Waals surface area contributed by atoms with Crippen molar-refractivity contribution in [2.75, 3.05) is 24.3 Å². The number of anilines is 3. The molecule has 0 atom stereocenters. The number of hydrogen-bond acceptors (Lipinski definition) is 6. The van der Waals surface area contributed by atoms with Crippen LogP contribution in [0, 0.1) is 21.7 Å². The van der Waals surface area contributed by atoms with Crippen LogP contribution in [0.2, 0.25) is 0 Å². The summed E-state index contributed by atoms with van der Waals surface area (Å²) in [6.07, 6.45) is 1.14. The zero-order chi connectivity index (χ0) is 15.6. The Labute approximate surface area is 118 Å². The Bertz CT molecular complexity index is 693. The zero-order valence-corrected chi connectivity index (χ0v) is 11.2. The topological polar surface area (TPSA) is 84.2 Å². The Morgan fingerprint density at radius 2 is 1.95 bits per heavy atom. The van der Waals surface area contributed by atoms with Crippen molar-refractivity contribution >= 4 is 23.0 Å². The Balaban J connectivity index is 2.46. The molecule has 9 heteroatoms. The number of rotatable bonds is 4. The highest BCUT2D eigenvalue weighted by atomic mass is 19.2. The standard InChI is InChI=1S/C12H11F2N5O2/c1-18(2)12-10(19(20)21)11(15-6-16-12)17-7-3-4-8(13)9(14)5-7/h3-6H,1-2H3,(H,15,16,17).